The maximum Gasteiger partial charge on any atom is 0.0541 e. The topological polar surface area (TPSA) is 18.0 Å². The molecule has 4 nitrogen and oxygen atoms in total. The Morgan fingerprint density at radius 3 is 0.983 bits per heavy atom. The summed E-state index contributed by atoms with van der Waals surface area (Å²) >= 11 is 0. The summed E-state index contributed by atoms with van der Waals surface area (Å²) in [5, 5.41) is 6.31. The van der Waals surface area contributed by atoms with E-state index < -0.39 is 0 Å². The minimum atomic E-state index is 1.08. The minimum absolute atomic E-state index is 1.08. The third-order valence-electron chi connectivity index (χ3n) is 11.8. The molecule has 0 atom stereocenters. The van der Waals surface area contributed by atoms with Crippen LogP contribution in [0.25, 0.3) is 77.7 Å². The number of rotatable bonds is 7. The van der Waals surface area contributed by atoms with Gasteiger partial charge in [-0.25, -0.2) is 0 Å². The molecule has 0 amide bonds. The molecule has 0 radical (unpaired) electrons. The molecule has 3 aromatic heterocycles. The molecule has 0 bridgehead atoms. The first-order valence-corrected chi connectivity index (χ1v) is 20.0. The van der Waals surface area contributed by atoms with Crippen LogP contribution in [0.2, 0.25) is 0 Å². The van der Waals surface area contributed by atoms with Gasteiger partial charge in [0.1, 0.15) is 0 Å². The molecule has 3 heterocycles. The van der Waals surface area contributed by atoms with Crippen LogP contribution in [0.4, 0.5) is 17.1 Å². The first-order chi connectivity index (χ1) is 28.7. The third kappa shape index (κ3) is 5.23. The van der Waals surface area contributed by atoms with Crippen LogP contribution >= 0.6 is 0 Å². The van der Waals surface area contributed by atoms with Crippen molar-refractivity contribution in [3.63, 3.8) is 0 Å². The SMILES string of the molecule is CC=Cc1c(C)c2ccccc2n1-c1ccc(N(c2ccc(-n3c4ccccc4c4ccccc43)cc2)c2ccc(-n3c4ccccc4c4ccccc43)cc2)cc1. The van der Waals surface area contributed by atoms with Crippen LogP contribution < -0.4 is 4.90 Å². The number of hydrogen-bond acceptors (Lipinski definition) is 1. The molecule has 276 valence electrons. The smallest absolute Gasteiger partial charge is 0.0541 e. The van der Waals surface area contributed by atoms with Gasteiger partial charge in [0.05, 0.1) is 27.6 Å². The monoisotopic (exact) mass is 744 g/mol. The molecule has 0 fully saturated rings. The molecule has 0 aliphatic rings. The van der Waals surface area contributed by atoms with Crippen LogP contribution in [0.5, 0.6) is 0 Å². The van der Waals surface area contributed by atoms with Crippen molar-refractivity contribution < 1.29 is 0 Å². The van der Waals surface area contributed by atoms with Crippen molar-refractivity contribution in [1.82, 2.24) is 13.7 Å². The number of allylic oxidation sites excluding steroid dienone is 1. The van der Waals surface area contributed by atoms with Crippen LogP contribution in [0.15, 0.2) is 200 Å². The van der Waals surface area contributed by atoms with Gasteiger partial charge in [0.2, 0.25) is 0 Å². The van der Waals surface area contributed by atoms with E-state index in [9.17, 15) is 0 Å². The van der Waals surface area contributed by atoms with Crippen LogP contribution in [-0.2, 0) is 0 Å². The van der Waals surface area contributed by atoms with Gasteiger partial charge >= 0.3 is 0 Å². The highest BCUT2D eigenvalue weighted by molar-refractivity contribution is 6.10. The molecule has 0 aliphatic carbocycles. The van der Waals surface area contributed by atoms with Gasteiger partial charge in [0.15, 0.2) is 0 Å². The van der Waals surface area contributed by atoms with Gasteiger partial charge in [-0.15, -0.1) is 0 Å². The van der Waals surface area contributed by atoms with E-state index in [0.717, 1.165) is 34.1 Å². The van der Waals surface area contributed by atoms with Gasteiger partial charge in [-0.3, -0.25) is 0 Å². The normalized spacial score (nSPS) is 11.9. The molecular formula is C54H40N4. The molecule has 0 saturated heterocycles. The lowest BCUT2D eigenvalue weighted by Gasteiger charge is -2.26. The Morgan fingerprint density at radius 2 is 0.638 bits per heavy atom. The highest BCUT2D eigenvalue weighted by Gasteiger charge is 2.19. The zero-order chi connectivity index (χ0) is 38.7. The van der Waals surface area contributed by atoms with Gasteiger partial charge in [-0.2, -0.15) is 0 Å². The van der Waals surface area contributed by atoms with Crippen LogP contribution in [0.3, 0.4) is 0 Å². The van der Waals surface area contributed by atoms with E-state index in [1.807, 2.05) is 0 Å². The van der Waals surface area contributed by atoms with Crippen molar-refractivity contribution in [2.45, 2.75) is 13.8 Å². The first-order valence-electron chi connectivity index (χ1n) is 20.0. The molecular weight excluding hydrogens is 705 g/mol. The molecule has 0 saturated carbocycles. The van der Waals surface area contributed by atoms with Crippen LogP contribution in [0, 0.1) is 6.92 Å². The van der Waals surface area contributed by atoms with Gasteiger partial charge in [-0.05, 0) is 129 Å². The zero-order valence-electron chi connectivity index (χ0n) is 32.4. The molecule has 0 spiro atoms. The Morgan fingerprint density at radius 1 is 0.345 bits per heavy atom. The van der Waals surface area contributed by atoms with Gasteiger partial charge in [-0.1, -0.05) is 97.1 Å². The van der Waals surface area contributed by atoms with Crippen molar-refractivity contribution in [2.75, 3.05) is 4.90 Å². The average Bonchev–Trinajstić information content (AvgIpc) is 3.90. The maximum absolute atomic E-state index is 2.37. The van der Waals surface area contributed by atoms with E-state index in [2.05, 4.69) is 239 Å². The fraction of sp³-hybridized carbons (Fsp3) is 0.0370. The number of para-hydroxylation sites is 5. The fourth-order valence-corrected chi connectivity index (χ4v) is 9.16. The maximum atomic E-state index is 2.37. The fourth-order valence-electron chi connectivity index (χ4n) is 9.16. The number of anilines is 3. The summed E-state index contributed by atoms with van der Waals surface area (Å²) in [6.45, 7) is 4.30. The molecule has 0 unspecified atom stereocenters. The summed E-state index contributed by atoms with van der Waals surface area (Å²) in [7, 11) is 0. The Balaban J connectivity index is 1.05. The van der Waals surface area contributed by atoms with Crippen molar-refractivity contribution in [2.24, 2.45) is 0 Å². The van der Waals surface area contributed by atoms with E-state index in [1.54, 1.807) is 0 Å². The van der Waals surface area contributed by atoms with Crippen molar-refractivity contribution in [3.05, 3.63) is 211 Å². The second-order valence-electron chi connectivity index (χ2n) is 15.0. The third-order valence-corrected chi connectivity index (χ3v) is 11.8. The Labute approximate surface area is 337 Å². The van der Waals surface area contributed by atoms with E-state index >= 15 is 0 Å². The number of fused-ring (bicyclic) bond motifs is 7. The lowest BCUT2D eigenvalue weighted by Crippen LogP contribution is -2.10. The minimum Gasteiger partial charge on any atom is -0.310 e. The molecule has 11 rings (SSSR count). The molecule has 8 aromatic carbocycles. The van der Waals surface area contributed by atoms with Crippen molar-refractivity contribution >= 4 is 77.7 Å². The molecule has 4 heteroatoms. The second kappa shape index (κ2) is 13.6. The number of aryl methyl sites for hydroxylation is 1. The molecule has 58 heavy (non-hydrogen) atoms. The summed E-state index contributed by atoms with van der Waals surface area (Å²) in [6, 6.07) is 70.4. The van der Waals surface area contributed by atoms with E-state index in [0.29, 0.717) is 0 Å². The van der Waals surface area contributed by atoms with E-state index in [4.69, 9.17) is 0 Å². The molecule has 11 aromatic rings. The number of hydrogen-bond donors (Lipinski definition) is 0. The first kappa shape index (κ1) is 33.8. The number of benzene rings is 8. The largest absolute Gasteiger partial charge is 0.310 e. The van der Waals surface area contributed by atoms with Gasteiger partial charge in [0.25, 0.3) is 0 Å². The van der Waals surface area contributed by atoms with Crippen molar-refractivity contribution in [1.29, 1.82) is 0 Å². The summed E-state index contributed by atoms with van der Waals surface area (Å²) < 4.78 is 7.12. The number of nitrogens with zero attached hydrogens (tertiary/aromatic N) is 4. The van der Waals surface area contributed by atoms with Gasteiger partial charge < -0.3 is 18.6 Å². The Hall–Kier alpha value is -7.56. The van der Waals surface area contributed by atoms with Crippen molar-refractivity contribution in [3.8, 4) is 17.1 Å². The summed E-state index contributed by atoms with van der Waals surface area (Å²) in [4.78, 5) is 2.36. The molecule has 0 N–H and O–H groups in total. The quantitative estimate of drug-likeness (QED) is 0.159. The Kier molecular flexibility index (Phi) is 7.90. The molecule has 0 aliphatic heterocycles. The van der Waals surface area contributed by atoms with E-state index in [-0.39, 0.29) is 0 Å². The van der Waals surface area contributed by atoms with Crippen LogP contribution in [0.1, 0.15) is 18.2 Å². The highest BCUT2D eigenvalue weighted by atomic mass is 15.1. The summed E-state index contributed by atoms with van der Waals surface area (Å²) in [5.41, 5.74) is 15.1. The predicted molar refractivity (Wildman–Crippen MR) is 246 cm³/mol. The second-order valence-corrected chi connectivity index (χ2v) is 15.0. The van der Waals surface area contributed by atoms with Gasteiger partial charge in [0, 0.05) is 66.7 Å². The zero-order valence-corrected chi connectivity index (χ0v) is 32.4. The van der Waals surface area contributed by atoms with Crippen LogP contribution in [-0.4, -0.2) is 13.7 Å². The highest BCUT2D eigenvalue weighted by Crippen LogP contribution is 2.40. The summed E-state index contributed by atoms with van der Waals surface area (Å²) in [5.74, 6) is 0. The standard InChI is InChI=1S/C54H40N4/c1-3-14-49-37(2)44-15-4-9-20-50(44)56(49)41-31-25-38(26-32-41)55(39-27-33-42(34-28-39)57-51-21-10-5-16-45(51)46-17-6-11-22-52(46)57)40-29-35-43(36-30-40)58-53-23-12-7-18-47(53)48-19-8-13-24-54(48)58/h3-36H,1-2H3. The Bertz CT molecular complexity index is 3070. The number of aromatic nitrogens is 3. The predicted octanol–water partition coefficient (Wildman–Crippen LogP) is 14.6. The summed E-state index contributed by atoms with van der Waals surface area (Å²) in [6.07, 6.45) is 4.34. The average molecular weight is 745 g/mol. The lowest BCUT2D eigenvalue weighted by molar-refractivity contribution is 1.09. The van der Waals surface area contributed by atoms with E-state index in [1.165, 1.54) is 65.8 Å². The lowest BCUT2D eigenvalue weighted by atomic mass is 10.1.